The maximum Gasteiger partial charge on any atom is 0.0678 e. The SMILES string of the molecule is CC(CNC(C)C)CN1C[C@@H](C)O[C@@H](C)C1. The highest BCUT2D eigenvalue weighted by Gasteiger charge is 2.22. The van der Waals surface area contributed by atoms with Gasteiger partial charge in [0.2, 0.25) is 0 Å². The summed E-state index contributed by atoms with van der Waals surface area (Å²) < 4.78 is 5.74. The normalized spacial score (nSPS) is 29.6. The number of nitrogens with zero attached hydrogens (tertiary/aromatic N) is 1. The zero-order valence-electron chi connectivity index (χ0n) is 11.5. The van der Waals surface area contributed by atoms with E-state index in [0.29, 0.717) is 24.2 Å². The Labute approximate surface area is 101 Å². The van der Waals surface area contributed by atoms with E-state index >= 15 is 0 Å². The topological polar surface area (TPSA) is 24.5 Å². The summed E-state index contributed by atoms with van der Waals surface area (Å²) in [6.07, 6.45) is 0.767. The first kappa shape index (κ1) is 13.9. The number of morpholine rings is 1. The second-order valence-electron chi connectivity index (χ2n) is 5.64. The van der Waals surface area contributed by atoms with Crippen molar-refractivity contribution in [2.24, 2.45) is 5.92 Å². The van der Waals surface area contributed by atoms with Crippen molar-refractivity contribution in [1.82, 2.24) is 10.2 Å². The Bertz CT molecular complexity index is 186. The summed E-state index contributed by atoms with van der Waals surface area (Å²) in [6.45, 7) is 15.5. The Kier molecular flexibility index (Phi) is 5.73. The van der Waals surface area contributed by atoms with Crippen LogP contribution in [0.5, 0.6) is 0 Å². The molecule has 1 unspecified atom stereocenters. The van der Waals surface area contributed by atoms with Gasteiger partial charge >= 0.3 is 0 Å². The summed E-state index contributed by atoms with van der Waals surface area (Å²) in [6, 6.07) is 0.588. The first-order valence-electron chi connectivity index (χ1n) is 6.58. The summed E-state index contributed by atoms with van der Waals surface area (Å²) in [4.78, 5) is 2.53. The summed E-state index contributed by atoms with van der Waals surface area (Å²) in [5, 5.41) is 3.50. The molecule has 1 fully saturated rings. The molecule has 1 N–H and O–H groups in total. The molecule has 16 heavy (non-hydrogen) atoms. The van der Waals surface area contributed by atoms with Gasteiger partial charge in [0.05, 0.1) is 12.2 Å². The first-order valence-corrected chi connectivity index (χ1v) is 6.58. The van der Waals surface area contributed by atoms with Crippen LogP contribution in [0, 0.1) is 5.92 Å². The fourth-order valence-electron chi connectivity index (χ4n) is 2.38. The lowest BCUT2D eigenvalue weighted by molar-refractivity contribution is -0.0708. The van der Waals surface area contributed by atoms with Crippen LogP contribution in [0.15, 0.2) is 0 Å². The molecule has 1 saturated heterocycles. The van der Waals surface area contributed by atoms with Gasteiger partial charge in [-0.05, 0) is 26.3 Å². The van der Waals surface area contributed by atoms with Crippen LogP contribution in [0.4, 0.5) is 0 Å². The zero-order chi connectivity index (χ0) is 12.1. The van der Waals surface area contributed by atoms with Gasteiger partial charge in [0.15, 0.2) is 0 Å². The maximum atomic E-state index is 5.74. The highest BCUT2D eigenvalue weighted by Crippen LogP contribution is 2.12. The van der Waals surface area contributed by atoms with Crippen LogP contribution < -0.4 is 5.32 Å². The van der Waals surface area contributed by atoms with E-state index in [9.17, 15) is 0 Å². The van der Waals surface area contributed by atoms with Gasteiger partial charge in [-0.3, -0.25) is 4.90 Å². The van der Waals surface area contributed by atoms with E-state index in [0.717, 1.165) is 19.6 Å². The second kappa shape index (κ2) is 6.58. The Morgan fingerprint density at radius 2 is 1.75 bits per heavy atom. The molecule has 0 spiro atoms. The van der Waals surface area contributed by atoms with Gasteiger partial charge < -0.3 is 10.1 Å². The smallest absolute Gasteiger partial charge is 0.0678 e. The van der Waals surface area contributed by atoms with E-state index in [1.165, 1.54) is 6.54 Å². The largest absolute Gasteiger partial charge is 0.373 e. The van der Waals surface area contributed by atoms with Crippen LogP contribution in [-0.4, -0.2) is 49.3 Å². The van der Waals surface area contributed by atoms with Crippen molar-refractivity contribution < 1.29 is 4.74 Å². The van der Waals surface area contributed by atoms with Crippen molar-refractivity contribution in [2.75, 3.05) is 26.2 Å². The predicted molar refractivity (Wildman–Crippen MR) is 68.8 cm³/mol. The van der Waals surface area contributed by atoms with Crippen molar-refractivity contribution >= 4 is 0 Å². The van der Waals surface area contributed by atoms with Gasteiger partial charge in [0.25, 0.3) is 0 Å². The average molecular weight is 228 g/mol. The molecule has 96 valence electrons. The molecule has 1 heterocycles. The third kappa shape index (κ3) is 5.28. The van der Waals surface area contributed by atoms with Crippen molar-refractivity contribution in [1.29, 1.82) is 0 Å². The molecule has 0 bridgehead atoms. The molecule has 1 aliphatic heterocycles. The molecule has 3 atom stereocenters. The van der Waals surface area contributed by atoms with Gasteiger partial charge in [-0.1, -0.05) is 20.8 Å². The standard InChI is InChI=1S/C13H28N2O/c1-10(2)14-6-11(3)7-15-8-12(4)16-13(5)9-15/h10-14H,6-9H2,1-5H3/t11?,12-,13+. The molecule has 1 aliphatic rings. The van der Waals surface area contributed by atoms with Crippen LogP contribution in [0.1, 0.15) is 34.6 Å². The van der Waals surface area contributed by atoms with Crippen LogP contribution in [0.2, 0.25) is 0 Å². The van der Waals surface area contributed by atoms with Gasteiger partial charge in [0.1, 0.15) is 0 Å². The van der Waals surface area contributed by atoms with Crippen molar-refractivity contribution in [3.8, 4) is 0 Å². The highest BCUT2D eigenvalue weighted by atomic mass is 16.5. The Hall–Kier alpha value is -0.120. The van der Waals surface area contributed by atoms with Gasteiger partial charge in [-0.2, -0.15) is 0 Å². The molecule has 0 radical (unpaired) electrons. The molecular weight excluding hydrogens is 200 g/mol. The van der Waals surface area contributed by atoms with Gasteiger partial charge in [-0.25, -0.2) is 0 Å². The van der Waals surface area contributed by atoms with E-state index < -0.39 is 0 Å². The highest BCUT2D eigenvalue weighted by molar-refractivity contribution is 4.75. The van der Waals surface area contributed by atoms with E-state index in [4.69, 9.17) is 4.74 Å². The fraction of sp³-hybridized carbons (Fsp3) is 1.00. The number of nitrogens with one attached hydrogen (secondary N) is 1. The third-order valence-electron chi connectivity index (χ3n) is 2.94. The lowest BCUT2D eigenvalue weighted by atomic mass is 10.1. The van der Waals surface area contributed by atoms with Crippen LogP contribution in [0.3, 0.4) is 0 Å². The zero-order valence-corrected chi connectivity index (χ0v) is 11.5. The molecule has 0 saturated carbocycles. The average Bonchev–Trinajstić information content (AvgIpc) is 2.12. The monoisotopic (exact) mass is 228 g/mol. The molecule has 0 aromatic rings. The third-order valence-corrected chi connectivity index (χ3v) is 2.94. The van der Waals surface area contributed by atoms with Gasteiger partial charge in [0, 0.05) is 25.7 Å². The van der Waals surface area contributed by atoms with Gasteiger partial charge in [-0.15, -0.1) is 0 Å². The fourth-order valence-corrected chi connectivity index (χ4v) is 2.38. The molecule has 1 rings (SSSR count). The minimum Gasteiger partial charge on any atom is -0.373 e. The minimum absolute atomic E-state index is 0.383. The summed E-state index contributed by atoms with van der Waals surface area (Å²) in [5.74, 6) is 0.708. The lowest BCUT2D eigenvalue weighted by Gasteiger charge is -2.36. The number of hydrogen-bond acceptors (Lipinski definition) is 3. The van der Waals surface area contributed by atoms with Crippen LogP contribution >= 0.6 is 0 Å². The number of rotatable bonds is 5. The van der Waals surface area contributed by atoms with E-state index in [1.807, 2.05) is 0 Å². The minimum atomic E-state index is 0.383. The Balaban J connectivity index is 2.24. The summed E-state index contributed by atoms with van der Waals surface area (Å²) in [7, 11) is 0. The van der Waals surface area contributed by atoms with E-state index in [1.54, 1.807) is 0 Å². The maximum absolute atomic E-state index is 5.74. The number of ether oxygens (including phenoxy) is 1. The second-order valence-corrected chi connectivity index (χ2v) is 5.64. The van der Waals surface area contributed by atoms with Crippen molar-refractivity contribution in [3.05, 3.63) is 0 Å². The molecule has 0 aromatic heterocycles. The predicted octanol–water partition coefficient (Wildman–Crippen LogP) is 1.73. The molecule has 0 aromatic carbocycles. The molecule has 3 heteroatoms. The molecular formula is C13H28N2O. The number of hydrogen-bond donors (Lipinski definition) is 1. The molecule has 3 nitrogen and oxygen atoms in total. The summed E-state index contributed by atoms with van der Waals surface area (Å²) >= 11 is 0. The van der Waals surface area contributed by atoms with Crippen molar-refractivity contribution in [3.63, 3.8) is 0 Å². The summed E-state index contributed by atoms with van der Waals surface area (Å²) in [5.41, 5.74) is 0. The Morgan fingerprint density at radius 3 is 2.25 bits per heavy atom. The van der Waals surface area contributed by atoms with Crippen LogP contribution in [-0.2, 0) is 4.74 Å². The molecule has 0 amide bonds. The van der Waals surface area contributed by atoms with E-state index in [-0.39, 0.29) is 0 Å². The first-order chi connectivity index (χ1) is 7.47. The van der Waals surface area contributed by atoms with Crippen LogP contribution in [0.25, 0.3) is 0 Å². The quantitative estimate of drug-likeness (QED) is 0.775. The molecule has 0 aliphatic carbocycles. The lowest BCUT2D eigenvalue weighted by Crippen LogP contribution is -2.47. The van der Waals surface area contributed by atoms with E-state index in [2.05, 4.69) is 44.8 Å². The Morgan fingerprint density at radius 1 is 1.19 bits per heavy atom. The van der Waals surface area contributed by atoms with Crippen molar-refractivity contribution in [2.45, 2.75) is 52.9 Å².